The predicted molar refractivity (Wildman–Crippen MR) is 147 cm³/mol. The highest BCUT2D eigenvalue weighted by Gasteiger charge is 2.25. The minimum Gasteiger partial charge on any atom is -0.299 e. The summed E-state index contributed by atoms with van der Waals surface area (Å²) in [6.45, 7) is 12.4. The van der Waals surface area contributed by atoms with Gasteiger partial charge < -0.3 is 0 Å². The topological polar surface area (TPSA) is 3.24 Å². The summed E-state index contributed by atoms with van der Waals surface area (Å²) < 4.78 is 70.1. The van der Waals surface area contributed by atoms with Crippen molar-refractivity contribution in [3.05, 3.63) is 81.9 Å². The smallest absolute Gasteiger partial charge is 0.245 e. The van der Waals surface area contributed by atoms with Crippen molar-refractivity contribution in [3.63, 3.8) is 0 Å². The zero-order valence-corrected chi connectivity index (χ0v) is 23.0. The molecule has 1 saturated heterocycles. The molecule has 1 heterocycles. The zero-order chi connectivity index (χ0) is 28.0. The van der Waals surface area contributed by atoms with Gasteiger partial charge in [0.25, 0.3) is 0 Å². The third kappa shape index (κ3) is 8.26. The Kier molecular flexibility index (Phi) is 10.3. The SMILES string of the molecule is C=C(C)c1ccc(C(C)c2c(F)cc(/C=C3/CCN(CCCF)C3)cc2F)c(C[C@@H](C)CCC(C)(F)F)c1. The van der Waals surface area contributed by atoms with Gasteiger partial charge in [-0.05, 0) is 79.8 Å². The molecule has 6 heteroatoms. The van der Waals surface area contributed by atoms with E-state index in [1.807, 2.05) is 38.1 Å². The fraction of sp³-hybridized carbons (Fsp3) is 0.500. The van der Waals surface area contributed by atoms with Crippen LogP contribution >= 0.6 is 0 Å². The number of benzene rings is 2. The summed E-state index contributed by atoms with van der Waals surface area (Å²) in [5, 5.41) is 0. The maximum Gasteiger partial charge on any atom is 0.245 e. The van der Waals surface area contributed by atoms with Crippen molar-refractivity contribution in [2.45, 2.75) is 71.6 Å². The van der Waals surface area contributed by atoms with Gasteiger partial charge in [-0.25, -0.2) is 17.6 Å². The lowest BCUT2D eigenvalue weighted by Gasteiger charge is -2.22. The molecule has 2 atom stereocenters. The van der Waals surface area contributed by atoms with Gasteiger partial charge in [-0.15, -0.1) is 0 Å². The van der Waals surface area contributed by atoms with Crippen molar-refractivity contribution < 1.29 is 22.0 Å². The zero-order valence-electron chi connectivity index (χ0n) is 23.0. The van der Waals surface area contributed by atoms with E-state index in [2.05, 4.69) is 11.5 Å². The van der Waals surface area contributed by atoms with Gasteiger partial charge in [0.15, 0.2) is 0 Å². The van der Waals surface area contributed by atoms with Crippen molar-refractivity contribution in [2.24, 2.45) is 5.92 Å². The average Bonchev–Trinajstić information content (AvgIpc) is 3.27. The van der Waals surface area contributed by atoms with Gasteiger partial charge in [0.05, 0.1) is 6.67 Å². The van der Waals surface area contributed by atoms with Crippen molar-refractivity contribution >= 4 is 11.6 Å². The van der Waals surface area contributed by atoms with E-state index < -0.39 is 23.5 Å². The van der Waals surface area contributed by atoms with E-state index in [-0.39, 0.29) is 24.6 Å². The summed E-state index contributed by atoms with van der Waals surface area (Å²) in [5.74, 6) is -4.52. The average molecular weight is 534 g/mol. The molecule has 0 N–H and O–H groups in total. The van der Waals surface area contributed by atoms with Crippen molar-refractivity contribution in [3.8, 4) is 0 Å². The molecule has 1 unspecified atom stereocenters. The van der Waals surface area contributed by atoms with Crippen LogP contribution in [0.1, 0.15) is 87.1 Å². The summed E-state index contributed by atoms with van der Waals surface area (Å²) in [6, 6.07) is 8.49. The van der Waals surface area contributed by atoms with Crippen LogP contribution in [0.25, 0.3) is 11.6 Å². The highest BCUT2D eigenvalue weighted by molar-refractivity contribution is 5.63. The van der Waals surface area contributed by atoms with Crippen molar-refractivity contribution in [1.29, 1.82) is 0 Å². The summed E-state index contributed by atoms with van der Waals surface area (Å²) in [6.07, 6.45) is 3.80. The van der Waals surface area contributed by atoms with Crippen LogP contribution in [0.3, 0.4) is 0 Å². The third-order valence-electron chi connectivity index (χ3n) is 7.44. The molecule has 0 amide bonds. The van der Waals surface area contributed by atoms with E-state index in [0.717, 1.165) is 47.7 Å². The van der Waals surface area contributed by atoms with E-state index in [0.29, 0.717) is 37.9 Å². The molecule has 2 aromatic rings. The number of allylic oxidation sites excluding steroid dienone is 1. The lowest BCUT2D eigenvalue weighted by molar-refractivity contribution is 0.00723. The minimum atomic E-state index is -2.72. The van der Waals surface area contributed by atoms with E-state index >= 15 is 8.78 Å². The summed E-state index contributed by atoms with van der Waals surface area (Å²) in [7, 11) is 0. The monoisotopic (exact) mass is 533 g/mol. The lowest BCUT2D eigenvalue weighted by Crippen LogP contribution is -2.20. The maximum absolute atomic E-state index is 15.4. The van der Waals surface area contributed by atoms with Gasteiger partial charge in [0.2, 0.25) is 5.92 Å². The molecule has 0 aromatic heterocycles. The van der Waals surface area contributed by atoms with Gasteiger partial charge in [0.1, 0.15) is 11.6 Å². The first-order valence-electron chi connectivity index (χ1n) is 13.5. The summed E-state index contributed by atoms with van der Waals surface area (Å²) in [5.41, 5.74) is 5.02. The van der Waals surface area contributed by atoms with Crippen LogP contribution in [0.15, 0.2) is 42.5 Å². The molecule has 38 heavy (non-hydrogen) atoms. The van der Waals surface area contributed by atoms with Gasteiger partial charge in [-0.1, -0.05) is 55.8 Å². The molecule has 2 aromatic carbocycles. The second-order valence-corrected chi connectivity index (χ2v) is 11.1. The first-order valence-corrected chi connectivity index (χ1v) is 13.5. The molecule has 0 bridgehead atoms. The Morgan fingerprint density at radius 2 is 1.82 bits per heavy atom. The number of hydrogen-bond acceptors (Lipinski definition) is 1. The highest BCUT2D eigenvalue weighted by atomic mass is 19.3. The quantitative estimate of drug-likeness (QED) is 0.246. The van der Waals surface area contributed by atoms with E-state index in [4.69, 9.17) is 0 Å². The first-order chi connectivity index (χ1) is 17.9. The number of halogens is 5. The third-order valence-corrected chi connectivity index (χ3v) is 7.44. The van der Waals surface area contributed by atoms with Crippen LogP contribution in [-0.2, 0) is 6.42 Å². The molecule has 1 nitrogen and oxygen atoms in total. The Morgan fingerprint density at radius 1 is 1.13 bits per heavy atom. The van der Waals surface area contributed by atoms with Gasteiger partial charge in [-0.3, -0.25) is 9.29 Å². The fourth-order valence-corrected chi connectivity index (χ4v) is 5.28. The molecule has 0 saturated carbocycles. The van der Waals surface area contributed by atoms with Gasteiger partial charge >= 0.3 is 0 Å². The Labute approximate surface area is 224 Å². The van der Waals surface area contributed by atoms with E-state index in [1.165, 1.54) is 12.1 Å². The van der Waals surface area contributed by atoms with Gasteiger partial charge in [0, 0.05) is 37.5 Å². The molecular formula is C32H40F5N. The Hall–Kier alpha value is -2.47. The standard InChI is InChI=1S/C32H40F5N/c1-21(2)26-7-8-28(27(19-26)15-22(3)9-11-32(5,36)37)23(4)31-29(34)17-25(18-30(31)35)16-24-10-14-38(20-24)13-6-12-33/h7-8,16-19,22-23H,1,6,9-15,20H2,2-5H3/b24-16-/t22-,23?/m0/s1. The number of hydrogen-bond donors (Lipinski definition) is 0. The molecule has 1 aliphatic heterocycles. The van der Waals surface area contributed by atoms with Crippen LogP contribution in [0.4, 0.5) is 22.0 Å². The summed E-state index contributed by atoms with van der Waals surface area (Å²) >= 11 is 0. The molecular weight excluding hydrogens is 493 g/mol. The molecule has 208 valence electrons. The van der Waals surface area contributed by atoms with E-state index in [9.17, 15) is 13.2 Å². The second kappa shape index (κ2) is 13.1. The Balaban J connectivity index is 1.87. The minimum absolute atomic E-state index is 0.000198. The van der Waals surface area contributed by atoms with Crippen LogP contribution in [0, 0.1) is 17.6 Å². The largest absolute Gasteiger partial charge is 0.299 e. The first kappa shape index (κ1) is 30.1. The van der Waals surface area contributed by atoms with Crippen molar-refractivity contribution in [2.75, 3.05) is 26.3 Å². The number of rotatable bonds is 12. The molecule has 0 aliphatic carbocycles. The number of nitrogens with zero attached hydrogens (tertiary/aromatic N) is 1. The molecule has 1 aliphatic rings. The highest BCUT2D eigenvalue weighted by Crippen LogP contribution is 2.35. The Bertz CT molecular complexity index is 1120. The summed E-state index contributed by atoms with van der Waals surface area (Å²) in [4.78, 5) is 2.15. The van der Waals surface area contributed by atoms with Crippen LogP contribution in [0.2, 0.25) is 0 Å². The Morgan fingerprint density at radius 3 is 2.42 bits per heavy atom. The normalized spacial score (nSPS) is 17.2. The number of alkyl halides is 3. The molecule has 0 spiro atoms. The molecule has 1 fully saturated rings. The molecule has 3 rings (SSSR count). The van der Waals surface area contributed by atoms with Gasteiger partial charge in [-0.2, -0.15) is 0 Å². The van der Waals surface area contributed by atoms with Crippen molar-refractivity contribution in [1.82, 2.24) is 4.90 Å². The molecule has 0 radical (unpaired) electrons. The van der Waals surface area contributed by atoms with Crippen LogP contribution in [0.5, 0.6) is 0 Å². The van der Waals surface area contributed by atoms with Crippen LogP contribution in [-0.4, -0.2) is 37.1 Å². The second-order valence-electron chi connectivity index (χ2n) is 11.1. The maximum atomic E-state index is 15.4. The number of likely N-dealkylation sites (tertiary alicyclic amines) is 1. The fourth-order valence-electron chi connectivity index (χ4n) is 5.28. The predicted octanol–water partition coefficient (Wildman–Crippen LogP) is 9.21. The lowest BCUT2D eigenvalue weighted by atomic mass is 9.83. The van der Waals surface area contributed by atoms with Crippen LogP contribution < -0.4 is 0 Å². The van der Waals surface area contributed by atoms with E-state index in [1.54, 1.807) is 6.92 Å².